The predicted octanol–water partition coefficient (Wildman–Crippen LogP) is 1.06. The maximum absolute atomic E-state index is 11.8. The lowest BCUT2D eigenvalue weighted by atomic mass is 10.2. The van der Waals surface area contributed by atoms with E-state index in [0.29, 0.717) is 24.7 Å². The van der Waals surface area contributed by atoms with E-state index in [1.54, 1.807) is 6.92 Å². The van der Waals surface area contributed by atoms with Gasteiger partial charge in [0.15, 0.2) is 5.82 Å². The fourth-order valence-electron chi connectivity index (χ4n) is 1.52. The van der Waals surface area contributed by atoms with Crippen molar-refractivity contribution in [1.29, 1.82) is 0 Å². The molecule has 0 aliphatic carbocycles. The highest BCUT2D eigenvalue weighted by Gasteiger charge is 2.16. The van der Waals surface area contributed by atoms with Crippen LogP contribution < -0.4 is 0 Å². The fraction of sp³-hybridized carbons (Fsp3) is 0.667. The van der Waals surface area contributed by atoms with E-state index in [-0.39, 0.29) is 24.8 Å². The molecule has 0 aromatic carbocycles. The highest BCUT2D eigenvalue weighted by molar-refractivity contribution is 5.81. The summed E-state index contributed by atoms with van der Waals surface area (Å²) in [7, 11) is 0. The Hall–Kier alpha value is -1.92. The maximum Gasteiger partial charge on any atom is 0.323 e. The molecule has 7 heteroatoms. The van der Waals surface area contributed by atoms with Crippen molar-refractivity contribution in [2.75, 3.05) is 13.1 Å². The number of rotatable bonds is 7. The molecule has 0 spiro atoms. The van der Waals surface area contributed by atoms with E-state index in [1.165, 1.54) is 4.90 Å². The zero-order valence-corrected chi connectivity index (χ0v) is 11.4. The van der Waals surface area contributed by atoms with Gasteiger partial charge in [-0.1, -0.05) is 19.0 Å². The Bertz CT molecular complexity index is 442. The van der Waals surface area contributed by atoms with Crippen LogP contribution in [0.5, 0.6) is 0 Å². The monoisotopic (exact) mass is 269 g/mol. The van der Waals surface area contributed by atoms with Gasteiger partial charge in [-0.15, -0.1) is 0 Å². The molecule has 0 saturated heterocycles. The SMILES string of the molecule is CCN(CC(=O)O)C(=O)CCc1nc(C(C)C)no1. The number of aromatic nitrogens is 2. The summed E-state index contributed by atoms with van der Waals surface area (Å²) in [5.74, 6) is -0.0552. The van der Waals surface area contributed by atoms with E-state index in [4.69, 9.17) is 9.63 Å². The predicted molar refractivity (Wildman–Crippen MR) is 66.6 cm³/mol. The number of amides is 1. The van der Waals surface area contributed by atoms with Gasteiger partial charge in [-0.3, -0.25) is 9.59 Å². The van der Waals surface area contributed by atoms with Crippen LogP contribution in [0.4, 0.5) is 0 Å². The molecule has 0 aliphatic rings. The van der Waals surface area contributed by atoms with Gasteiger partial charge in [0, 0.05) is 25.3 Å². The Morgan fingerprint density at radius 2 is 2.11 bits per heavy atom. The lowest BCUT2D eigenvalue weighted by Gasteiger charge is -2.17. The number of hydrogen-bond donors (Lipinski definition) is 1. The van der Waals surface area contributed by atoms with Crippen molar-refractivity contribution in [3.8, 4) is 0 Å². The summed E-state index contributed by atoms with van der Waals surface area (Å²) in [6.07, 6.45) is 0.496. The van der Waals surface area contributed by atoms with Crippen molar-refractivity contribution in [2.45, 2.75) is 39.5 Å². The van der Waals surface area contributed by atoms with E-state index >= 15 is 0 Å². The Kier molecular flexibility index (Phi) is 5.47. The molecule has 0 bridgehead atoms. The molecule has 1 aromatic rings. The van der Waals surface area contributed by atoms with Crippen molar-refractivity contribution in [1.82, 2.24) is 15.0 Å². The third-order valence-electron chi connectivity index (χ3n) is 2.61. The molecule has 0 fully saturated rings. The van der Waals surface area contributed by atoms with Gasteiger partial charge in [-0.25, -0.2) is 0 Å². The van der Waals surface area contributed by atoms with E-state index in [9.17, 15) is 9.59 Å². The van der Waals surface area contributed by atoms with Gasteiger partial charge in [-0.05, 0) is 6.92 Å². The quantitative estimate of drug-likeness (QED) is 0.795. The second-order valence-corrected chi connectivity index (χ2v) is 4.50. The maximum atomic E-state index is 11.8. The van der Waals surface area contributed by atoms with Crippen LogP contribution in [0, 0.1) is 0 Å². The van der Waals surface area contributed by atoms with Crippen molar-refractivity contribution in [2.24, 2.45) is 0 Å². The van der Waals surface area contributed by atoms with Gasteiger partial charge in [0.1, 0.15) is 6.54 Å². The molecule has 0 saturated carbocycles. The third kappa shape index (κ3) is 4.69. The zero-order valence-electron chi connectivity index (χ0n) is 11.4. The summed E-state index contributed by atoms with van der Waals surface area (Å²) in [5.41, 5.74) is 0. The molecule has 1 amide bonds. The number of carbonyl (C=O) groups excluding carboxylic acids is 1. The Balaban J connectivity index is 2.50. The molecule has 1 rings (SSSR count). The first-order valence-corrected chi connectivity index (χ1v) is 6.26. The third-order valence-corrected chi connectivity index (χ3v) is 2.61. The largest absolute Gasteiger partial charge is 0.480 e. The minimum absolute atomic E-state index is 0.168. The van der Waals surface area contributed by atoms with Crippen molar-refractivity contribution < 1.29 is 19.2 Å². The van der Waals surface area contributed by atoms with Crippen LogP contribution in [0.15, 0.2) is 4.52 Å². The molecule has 1 N–H and O–H groups in total. The Morgan fingerprint density at radius 3 is 2.58 bits per heavy atom. The van der Waals surface area contributed by atoms with Crippen LogP contribution in [-0.2, 0) is 16.0 Å². The number of aryl methyl sites for hydroxylation is 1. The van der Waals surface area contributed by atoms with Crippen molar-refractivity contribution in [3.63, 3.8) is 0 Å². The number of carboxylic acid groups (broad SMARTS) is 1. The minimum atomic E-state index is -1.02. The second kappa shape index (κ2) is 6.86. The number of aliphatic carboxylic acids is 1. The average Bonchev–Trinajstić information content (AvgIpc) is 2.81. The highest BCUT2D eigenvalue weighted by atomic mass is 16.5. The van der Waals surface area contributed by atoms with Gasteiger partial charge in [0.2, 0.25) is 11.8 Å². The summed E-state index contributed by atoms with van der Waals surface area (Å²) in [6.45, 7) is 5.73. The lowest BCUT2D eigenvalue weighted by molar-refractivity contribution is -0.144. The molecular weight excluding hydrogens is 250 g/mol. The van der Waals surface area contributed by atoms with Crippen LogP contribution in [0.3, 0.4) is 0 Å². The number of nitrogens with zero attached hydrogens (tertiary/aromatic N) is 3. The van der Waals surface area contributed by atoms with E-state index in [2.05, 4.69) is 10.1 Å². The Labute approximate surface area is 111 Å². The summed E-state index contributed by atoms with van der Waals surface area (Å²) in [5, 5.41) is 12.5. The normalized spacial score (nSPS) is 10.7. The molecule has 0 unspecified atom stereocenters. The molecule has 1 aromatic heterocycles. The van der Waals surface area contributed by atoms with Gasteiger partial charge in [-0.2, -0.15) is 4.98 Å². The molecule has 0 radical (unpaired) electrons. The first-order chi connectivity index (χ1) is 8.93. The van der Waals surface area contributed by atoms with Crippen LogP contribution in [0.1, 0.15) is 44.8 Å². The molecular formula is C12H19N3O4. The molecule has 106 valence electrons. The van der Waals surface area contributed by atoms with E-state index < -0.39 is 5.97 Å². The number of hydrogen-bond acceptors (Lipinski definition) is 5. The molecule has 19 heavy (non-hydrogen) atoms. The highest BCUT2D eigenvalue weighted by Crippen LogP contribution is 2.11. The van der Waals surface area contributed by atoms with Crippen molar-refractivity contribution >= 4 is 11.9 Å². The first-order valence-electron chi connectivity index (χ1n) is 6.26. The van der Waals surface area contributed by atoms with Gasteiger partial charge >= 0.3 is 5.97 Å². The molecule has 0 atom stereocenters. The van der Waals surface area contributed by atoms with Crippen LogP contribution in [0.2, 0.25) is 0 Å². The van der Waals surface area contributed by atoms with Gasteiger partial charge < -0.3 is 14.5 Å². The summed E-state index contributed by atoms with van der Waals surface area (Å²) < 4.78 is 5.02. The number of likely N-dealkylation sites (N-methyl/N-ethyl adjacent to an activating group) is 1. The van der Waals surface area contributed by atoms with Gasteiger partial charge in [0.05, 0.1) is 0 Å². The zero-order chi connectivity index (χ0) is 14.4. The number of carbonyl (C=O) groups is 2. The van der Waals surface area contributed by atoms with Crippen LogP contribution in [0.25, 0.3) is 0 Å². The topological polar surface area (TPSA) is 96.5 Å². The minimum Gasteiger partial charge on any atom is -0.480 e. The summed E-state index contributed by atoms with van der Waals surface area (Å²) in [4.78, 5) is 27.8. The molecule has 1 heterocycles. The lowest BCUT2D eigenvalue weighted by Crippen LogP contribution is -2.35. The van der Waals surface area contributed by atoms with Crippen LogP contribution in [-0.4, -0.2) is 45.1 Å². The Morgan fingerprint density at radius 1 is 1.42 bits per heavy atom. The second-order valence-electron chi connectivity index (χ2n) is 4.50. The number of carboxylic acids is 1. The average molecular weight is 269 g/mol. The van der Waals surface area contributed by atoms with Crippen molar-refractivity contribution in [3.05, 3.63) is 11.7 Å². The first kappa shape index (κ1) is 15.1. The fourth-order valence-corrected chi connectivity index (χ4v) is 1.52. The summed E-state index contributed by atoms with van der Waals surface area (Å²) >= 11 is 0. The summed E-state index contributed by atoms with van der Waals surface area (Å²) in [6, 6.07) is 0. The van der Waals surface area contributed by atoms with E-state index in [1.807, 2.05) is 13.8 Å². The van der Waals surface area contributed by atoms with Gasteiger partial charge in [0.25, 0.3) is 0 Å². The van der Waals surface area contributed by atoms with Crippen LogP contribution >= 0.6 is 0 Å². The van der Waals surface area contributed by atoms with E-state index in [0.717, 1.165) is 0 Å². The smallest absolute Gasteiger partial charge is 0.323 e. The molecule has 0 aliphatic heterocycles. The standard InChI is InChI=1S/C12H19N3O4/c1-4-15(7-11(17)18)10(16)6-5-9-13-12(8(2)3)14-19-9/h8H,4-7H2,1-3H3,(H,17,18). The molecule has 7 nitrogen and oxygen atoms in total.